The smallest absolute Gasteiger partial charge is 0.298 e. The molecule has 0 fully saturated rings. The molecule has 0 aliphatic rings. The number of ketones is 1. The van der Waals surface area contributed by atoms with E-state index in [2.05, 4.69) is 5.32 Å². The van der Waals surface area contributed by atoms with Crippen molar-refractivity contribution in [2.24, 2.45) is 0 Å². The molecule has 1 heterocycles. The van der Waals surface area contributed by atoms with Crippen molar-refractivity contribution in [2.45, 2.75) is 13.5 Å². The van der Waals surface area contributed by atoms with Crippen molar-refractivity contribution in [2.75, 3.05) is 5.32 Å². The van der Waals surface area contributed by atoms with Crippen LogP contribution in [0.1, 0.15) is 27.2 Å². The van der Waals surface area contributed by atoms with Crippen LogP contribution in [-0.4, -0.2) is 16.3 Å². The molecule has 0 spiro atoms. The van der Waals surface area contributed by atoms with Crippen molar-refractivity contribution in [3.05, 3.63) is 89.2 Å². The van der Waals surface area contributed by atoms with E-state index in [-0.39, 0.29) is 0 Å². The third-order valence-corrected chi connectivity index (χ3v) is 3.99. The SMILES string of the molecule is Cc1ccc(Cn2cccc2C(=O)C(=O)Nc2cccc(C#N)c2)cc1. The molecular formula is C21H17N3O2. The van der Waals surface area contributed by atoms with Gasteiger partial charge in [-0.15, -0.1) is 0 Å². The summed E-state index contributed by atoms with van der Waals surface area (Å²) in [6.45, 7) is 2.52. The summed E-state index contributed by atoms with van der Waals surface area (Å²) in [6, 6.07) is 19.8. The van der Waals surface area contributed by atoms with Crippen LogP contribution in [0.2, 0.25) is 0 Å². The third kappa shape index (κ3) is 3.87. The average Bonchev–Trinajstić information content (AvgIpc) is 3.11. The van der Waals surface area contributed by atoms with Gasteiger partial charge in [0.1, 0.15) is 0 Å². The van der Waals surface area contributed by atoms with E-state index in [0.717, 1.165) is 11.1 Å². The second-order valence-electron chi connectivity index (χ2n) is 5.98. The van der Waals surface area contributed by atoms with Crippen LogP contribution in [0.5, 0.6) is 0 Å². The Morgan fingerprint density at radius 3 is 2.58 bits per heavy atom. The molecule has 3 aromatic rings. The van der Waals surface area contributed by atoms with Gasteiger partial charge in [0.15, 0.2) is 0 Å². The van der Waals surface area contributed by atoms with E-state index < -0.39 is 11.7 Å². The van der Waals surface area contributed by atoms with E-state index in [1.165, 1.54) is 6.07 Å². The lowest BCUT2D eigenvalue weighted by Gasteiger charge is -2.09. The number of nitrogens with zero attached hydrogens (tertiary/aromatic N) is 2. The fourth-order valence-corrected chi connectivity index (χ4v) is 2.62. The first kappa shape index (κ1) is 17.2. The Morgan fingerprint density at radius 1 is 1.08 bits per heavy atom. The molecule has 1 N–H and O–H groups in total. The minimum absolute atomic E-state index is 0.319. The molecule has 5 heteroatoms. The lowest BCUT2D eigenvalue weighted by molar-refractivity contribution is -0.112. The predicted molar refractivity (Wildman–Crippen MR) is 98.8 cm³/mol. The molecule has 1 aromatic heterocycles. The summed E-state index contributed by atoms with van der Waals surface area (Å²) in [5, 5.41) is 11.5. The predicted octanol–water partition coefficient (Wildman–Crippen LogP) is 3.54. The van der Waals surface area contributed by atoms with Gasteiger partial charge >= 0.3 is 0 Å². The zero-order valence-electron chi connectivity index (χ0n) is 14.3. The van der Waals surface area contributed by atoms with Crippen LogP contribution in [0.25, 0.3) is 0 Å². The fourth-order valence-electron chi connectivity index (χ4n) is 2.62. The second-order valence-corrected chi connectivity index (χ2v) is 5.98. The lowest BCUT2D eigenvalue weighted by Crippen LogP contribution is -2.25. The molecule has 1 amide bonds. The Labute approximate surface area is 151 Å². The normalized spacial score (nSPS) is 10.2. The number of nitriles is 1. The summed E-state index contributed by atoms with van der Waals surface area (Å²) in [4.78, 5) is 24.8. The minimum Gasteiger partial charge on any atom is -0.340 e. The van der Waals surface area contributed by atoms with Gasteiger partial charge in [-0.05, 0) is 42.8 Å². The maximum Gasteiger partial charge on any atom is 0.298 e. The van der Waals surface area contributed by atoms with Crippen LogP contribution < -0.4 is 5.32 Å². The van der Waals surface area contributed by atoms with Gasteiger partial charge in [-0.1, -0.05) is 35.9 Å². The van der Waals surface area contributed by atoms with Crippen molar-refractivity contribution in [1.29, 1.82) is 5.26 Å². The highest BCUT2D eigenvalue weighted by Crippen LogP contribution is 2.13. The van der Waals surface area contributed by atoms with Crippen molar-refractivity contribution in [3.8, 4) is 6.07 Å². The summed E-state index contributed by atoms with van der Waals surface area (Å²) >= 11 is 0. The van der Waals surface area contributed by atoms with E-state index in [1.807, 2.05) is 37.3 Å². The van der Waals surface area contributed by atoms with Crippen LogP contribution >= 0.6 is 0 Å². The van der Waals surface area contributed by atoms with Crippen LogP contribution in [-0.2, 0) is 11.3 Å². The molecular weight excluding hydrogens is 326 g/mol. The van der Waals surface area contributed by atoms with Gasteiger partial charge in [0.2, 0.25) is 0 Å². The van der Waals surface area contributed by atoms with Gasteiger partial charge < -0.3 is 9.88 Å². The number of hydrogen-bond acceptors (Lipinski definition) is 3. The van der Waals surface area contributed by atoms with Crippen molar-refractivity contribution < 1.29 is 9.59 Å². The average molecular weight is 343 g/mol. The van der Waals surface area contributed by atoms with Gasteiger partial charge in [0, 0.05) is 18.4 Å². The molecule has 0 bridgehead atoms. The van der Waals surface area contributed by atoms with Gasteiger partial charge in [-0.2, -0.15) is 5.26 Å². The van der Waals surface area contributed by atoms with Gasteiger partial charge in [0.05, 0.1) is 17.3 Å². The first-order chi connectivity index (χ1) is 12.6. The first-order valence-electron chi connectivity index (χ1n) is 8.13. The molecule has 5 nitrogen and oxygen atoms in total. The van der Waals surface area contributed by atoms with Crippen LogP contribution in [0, 0.1) is 18.3 Å². The molecule has 0 aliphatic carbocycles. The number of Topliss-reactive ketones (excluding diaryl/α,β-unsaturated/α-hetero) is 1. The second kappa shape index (κ2) is 7.49. The van der Waals surface area contributed by atoms with E-state index in [4.69, 9.17) is 5.26 Å². The summed E-state index contributed by atoms with van der Waals surface area (Å²) in [6.07, 6.45) is 1.77. The van der Waals surface area contributed by atoms with Gasteiger partial charge in [0.25, 0.3) is 11.7 Å². The Kier molecular flexibility index (Phi) is 4.95. The molecule has 26 heavy (non-hydrogen) atoms. The molecule has 0 saturated carbocycles. The number of carbonyl (C=O) groups is 2. The number of hydrogen-bond donors (Lipinski definition) is 1. The zero-order valence-corrected chi connectivity index (χ0v) is 14.3. The first-order valence-corrected chi connectivity index (χ1v) is 8.13. The molecule has 0 aliphatic heterocycles. The number of carbonyl (C=O) groups excluding carboxylic acids is 2. The fraction of sp³-hybridized carbons (Fsp3) is 0.0952. The number of aryl methyl sites for hydroxylation is 1. The maximum absolute atomic E-state index is 12.5. The summed E-state index contributed by atoms with van der Waals surface area (Å²) < 4.78 is 1.75. The van der Waals surface area contributed by atoms with E-state index >= 15 is 0 Å². The molecule has 0 saturated heterocycles. The van der Waals surface area contributed by atoms with Crippen molar-refractivity contribution in [1.82, 2.24) is 4.57 Å². The number of anilines is 1. The Balaban J connectivity index is 1.75. The zero-order chi connectivity index (χ0) is 18.5. The third-order valence-electron chi connectivity index (χ3n) is 3.99. The number of nitrogens with one attached hydrogen (secondary N) is 1. The van der Waals surface area contributed by atoms with E-state index in [1.54, 1.807) is 41.1 Å². The largest absolute Gasteiger partial charge is 0.340 e. The highest BCUT2D eigenvalue weighted by molar-refractivity contribution is 6.46. The minimum atomic E-state index is -0.732. The quantitative estimate of drug-likeness (QED) is 0.569. The van der Waals surface area contributed by atoms with Crippen LogP contribution in [0.4, 0.5) is 5.69 Å². The van der Waals surface area contributed by atoms with Crippen LogP contribution in [0.3, 0.4) is 0 Å². The maximum atomic E-state index is 12.5. The summed E-state index contributed by atoms with van der Waals surface area (Å²) in [5.41, 5.74) is 3.36. The standard InChI is InChI=1S/C21H17N3O2/c1-15-7-9-16(10-8-15)14-24-11-3-6-19(24)20(25)21(26)23-18-5-2-4-17(12-18)13-22/h2-12H,14H2,1H3,(H,23,26). The molecule has 128 valence electrons. The number of benzene rings is 2. The molecule has 2 aromatic carbocycles. The Hall–Kier alpha value is -3.65. The number of aromatic nitrogens is 1. The summed E-state index contributed by atoms with van der Waals surface area (Å²) in [5.74, 6) is -1.35. The van der Waals surface area contributed by atoms with Gasteiger partial charge in [-0.25, -0.2) is 0 Å². The number of amides is 1. The molecule has 0 unspecified atom stereocenters. The topological polar surface area (TPSA) is 74.9 Å². The van der Waals surface area contributed by atoms with Gasteiger partial charge in [-0.3, -0.25) is 9.59 Å². The molecule has 0 atom stereocenters. The van der Waals surface area contributed by atoms with Crippen molar-refractivity contribution in [3.63, 3.8) is 0 Å². The summed E-state index contributed by atoms with van der Waals surface area (Å²) in [7, 11) is 0. The monoisotopic (exact) mass is 343 g/mol. The highest BCUT2D eigenvalue weighted by Gasteiger charge is 2.20. The Morgan fingerprint density at radius 2 is 1.85 bits per heavy atom. The lowest BCUT2D eigenvalue weighted by atomic mass is 10.1. The van der Waals surface area contributed by atoms with Crippen molar-refractivity contribution >= 4 is 17.4 Å². The highest BCUT2D eigenvalue weighted by atomic mass is 16.2. The van der Waals surface area contributed by atoms with E-state index in [0.29, 0.717) is 23.5 Å². The van der Waals surface area contributed by atoms with Crippen LogP contribution in [0.15, 0.2) is 66.9 Å². The molecule has 0 radical (unpaired) electrons. The molecule has 3 rings (SSSR count). The van der Waals surface area contributed by atoms with E-state index in [9.17, 15) is 9.59 Å². The number of rotatable bonds is 5. The Bertz CT molecular complexity index is 995.